The summed E-state index contributed by atoms with van der Waals surface area (Å²) in [5.41, 5.74) is 1.38. The van der Waals surface area contributed by atoms with Gasteiger partial charge in [-0.3, -0.25) is 0 Å². The Labute approximate surface area is 91.6 Å². The molecule has 0 spiro atoms. The van der Waals surface area contributed by atoms with Crippen LogP contribution in [0.25, 0.3) is 11.4 Å². The Hall–Kier alpha value is -1.68. The van der Waals surface area contributed by atoms with Crippen molar-refractivity contribution in [2.24, 2.45) is 0 Å². The van der Waals surface area contributed by atoms with Gasteiger partial charge in [-0.2, -0.15) is 5.10 Å². The summed E-state index contributed by atoms with van der Waals surface area (Å²) in [7, 11) is 0. The Balaban J connectivity index is 2.64. The number of nitrogens with zero attached hydrogens (tertiary/aromatic N) is 3. The van der Waals surface area contributed by atoms with Gasteiger partial charge in [-0.05, 0) is 24.6 Å². The van der Waals surface area contributed by atoms with E-state index in [0.29, 0.717) is 16.4 Å². The summed E-state index contributed by atoms with van der Waals surface area (Å²) in [5.74, 6) is 0.456. The molecule has 1 aromatic heterocycles. The van der Waals surface area contributed by atoms with E-state index in [2.05, 4.69) is 15.2 Å². The Morgan fingerprint density at radius 2 is 2.07 bits per heavy atom. The van der Waals surface area contributed by atoms with Gasteiger partial charge in [-0.1, -0.05) is 11.6 Å². The van der Waals surface area contributed by atoms with Gasteiger partial charge in [0.1, 0.15) is 5.75 Å². The van der Waals surface area contributed by atoms with Crippen LogP contribution in [-0.4, -0.2) is 20.3 Å². The third-order valence-corrected chi connectivity index (χ3v) is 2.20. The lowest BCUT2D eigenvalue weighted by atomic mass is 10.1. The van der Waals surface area contributed by atoms with Crippen LogP contribution in [0.3, 0.4) is 0 Å². The first kappa shape index (κ1) is 9.86. The molecule has 0 unspecified atom stereocenters. The van der Waals surface area contributed by atoms with Gasteiger partial charge >= 0.3 is 0 Å². The van der Waals surface area contributed by atoms with Gasteiger partial charge < -0.3 is 5.11 Å². The molecule has 5 heteroatoms. The average molecular weight is 222 g/mol. The number of hydrogen-bond acceptors (Lipinski definition) is 4. The summed E-state index contributed by atoms with van der Waals surface area (Å²) in [6.07, 6.45) is 3.00. The van der Waals surface area contributed by atoms with Crippen LogP contribution in [0.5, 0.6) is 5.75 Å². The van der Waals surface area contributed by atoms with Crippen molar-refractivity contribution in [3.63, 3.8) is 0 Å². The van der Waals surface area contributed by atoms with E-state index in [1.165, 1.54) is 18.5 Å². The van der Waals surface area contributed by atoms with Gasteiger partial charge in [-0.15, -0.1) is 5.10 Å². The molecule has 2 rings (SSSR count). The number of phenolic OH excluding ortho intramolecular Hbond substituents is 1. The third-order valence-electron chi connectivity index (χ3n) is 1.99. The smallest absolute Gasteiger partial charge is 0.185 e. The lowest BCUT2D eigenvalue weighted by Gasteiger charge is -2.06. The summed E-state index contributed by atoms with van der Waals surface area (Å²) in [6, 6.07) is 3.20. The van der Waals surface area contributed by atoms with Crippen LogP contribution in [0, 0.1) is 6.92 Å². The van der Waals surface area contributed by atoms with Crippen LogP contribution in [0.1, 0.15) is 5.56 Å². The minimum absolute atomic E-state index is 0.0630. The van der Waals surface area contributed by atoms with Crippen molar-refractivity contribution in [2.75, 3.05) is 0 Å². The fourth-order valence-electron chi connectivity index (χ4n) is 1.38. The summed E-state index contributed by atoms with van der Waals surface area (Å²) >= 11 is 5.79. The molecule has 0 amide bonds. The number of aromatic hydroxyl groups is 1. The van der Waals surface area contributed by atoms with Gasteiger partial charge in [0.15, 0.2) is 5.82 Å². The number of halogens is 1. The largest absolute Gasteiger partial charge is 0.507 e. The molecule has 1 aromatic carbocycles. The highest BCUT2D eigenvalue weighted by Crippen LogP contribution is 2.32. The zero-order chi connectivity index (χ0) is 10.8. The number of aryl methyl sites for hydroxylation is 1. The Morgan fingerprint density at radius 1 is 1.27 bits per heavy atom. The first-order valence-corrected chi connectivity index (χ1v) is 4.69. The first-order valence-electron chi connectivity index (χ1n) is 4.31. The second kappa shape index (κ2) is 3.82. The zero-order valence-corrected chi connectivity index (χ0v) is 8.73. The van der Waals surface area contributed by atoms with Crippen LogP contribution >= 0.6 is 11.6 Å². The molecule has 0 saturated heterocycles. The zero-order valence-electron chi connectivity index (χ0n) is 7.98. The fraction of sp³-hybridized carbons (Fsp3) is 0.100. The molecule has 0 aliphatic carbocycles. The maximum Gasteiger partial charge on any atom is 0.185 e. The highest BCUT2D eigenvalue weighted by atomic mass is 35.5. The van der Waals surface area contributed by atoms with E-state index in [0.717, 1.165) is 5.56 Å². The van der Waals surface area contributed by atoms with E-state index in [-0.39, 0.29) is 5.75 Å². The lowest BCUT2D eigenvalue weighted by Crippen LogP contribution is -1.93. The quantitative estimate of drug-likeness (QED) is 0.802. The molecule has 4 nitrogen and oxygen atoms in total. The Kier molecular flexibility index (Phi) is 2.51. The molecule has 2 aromatic rings. The molecule has 0 fully saturated rings. The van der Waals surface area contributed by atoms with Crippen LogP contribution in [-0.2, 0) is 0 Å². The molecule has 0 aliphatic rings. The third kappa shape index (κ3) is 1.89. The van der Waals surface area contributed by atoms with Gasteiger partial charge in [0.25, 0.3) is 0 Å². The molecule has 0 bridgehead atoms. The molecule has 0 aliphatic heterocycles. The van der Waals surface area contributed by atoms with Gasteiger partial charge in [0, 0.05) is 11.2 Å². The number of hydrogen-bond donors (Lipinski definition) is 1. The minimum atomic E-state index is 0.0630. The second-order valence-corrected chi connectivity index (χ2v) is 3.52. The summed E-state index contributed by atoms with van der Waals surface area (Å²) in [5, 5.41) is 17.8. The lowest BCUT2D eigenvalue weighted by molar-refractivity contribution is 0.476. The van der Waals surface area contributed by atoms with E-state index in [1.807, 2.05) is 6.92 Å². The highest BCUT2D eigenvalue weighted by molar-refractivity contribution is 6.30. The van der Waals surface area contributed by atoms with Crippen molar-refractivity contribution in [2.45, 2.75) is 6.92 Å². The number of rotatable bonds is 1. The number of benzene rings is 1. The predicted molar refractivity (Wildman–Crippen MR) is 56.7 cm³/mol. The van der Waals surface area contributed by atoms with E-state index < -0.39 is 0 Å². The van der Waals surface area contributed by atoms with E-state index >= 15 is 0 Å². The van der Waals surface area contributed by atoms with Crippen molar-refractivity contribution >= 4 is 11.6 Å². The average Bonchev–Trinajstić information content (AvgIpc) is 2.17. The van der Waals surface area contributed by atoms with Crippen LogP contribution in [0.2, 0.25) is 5.02 Å². The van der Waals surface area contributed by atoms with Crippen LogP contribution in [0.4, 0.5) is 0 Å². The molecule has 1 heterocycles. The minimum Gasteiger partial charge on any atom is -0.507 e. The summed E-state index contributed by atoms with van der Waals surface area (Å²) in [4.78, 5) is 4.02. The molecule has 0 saturated carbocycles. The number of aromatic nitrogens is 3. The standard InChI is InChI=1S/C10H8ClN3O/c1-6-4-7(11)5-8(15)9(6)10-12-2-3-13-14-10/h2-5,15H,1H3. The maximum absolute atomic E-state index is 9.73. The summed E-state index contributed by atoms with van der Waals surface area (Å²) in [6.45, 7) is 1.83. The molecule has 1 N–H and O–H groups in total. The van der Waals surface area contributed by atoms with Crippen molar-refractivity contribution in [1.82, 2.24) is 15.2 Å². The molecule has 15 heavy (non-hydrogen) atoms. The number of phenols is 1. The van der Waals surface area contributed by atoms with E-state index in [1.54, 1.807) is 6.07 Å². The van der Waals surface area contributed by atoms with Gasteiger partial charge in [0.2, 0.25) is 0 Å². The van der Waals surface area contributed by atoms with Crippen molar-refractivity contribution in [3.05, 3.63) is 35.1 Å². The van der Waals surface area contributed by atoms with Crippen LogP contribution in [0.15, 0.2) is 24.5 Å². The molecular formula is C10H8ClN3O. The Morgan fingerprint density at radius 3 is 2.67 bits per heavy atom. The highest BCUT2D eigenvalue weighted by Gasteiger charge is 2.11. The predicted octanol–water partition coefficient (Wildman–Crippen LogP) is 2.21. The SMILES string of the molecule is Cc1cc(Cl)cc(O)c1-c1nccnn1. The first-order chi connectivity index (χ1) is 7.18. The van der Waals surface area contributed by atoms with Gasteiger partial charge in [-0.25, -0.2) is 4.98 Å². The molecule has 0 atom stereocenters. The maximum atomic E-state index is 9.73. The Bertz CT molecular complexity index is 464. The molecule has 0 radical (unpaired) electrons. The van der Waals surface area contributed by atoms with E-state index in [4.69, 9.17) is 11.6 Å². The summed E-state index contributed by atoms with van der Waals surface area (Å²) < 4.78 is 0. The molecule has 76 valence electrons. The fourth-order valence-corrected chi connectivity index (χ4v) is 1.65. The van der Waals surface area contributed by atoms with E-state index in [9.17, 15) is 5.11 Å². The van der Waals surface area contributed by atoms with Crippen molar-refractivity contribution in [3.8, 4) is 17.1 Å². The van der Waals surface area contributed by atoms with Crippen molar-refractivity contribution in [1.29, 1.82) is 0 Å². The molecular weight excluding hydrogens is 214 g/mol. The van der Waals surface area contributed by atoms with Crippen LogP contribution < -0.4 is 0 Å². The van der Waals surface area contributed by atoms with Crippen molar-refractivity contribution < 1.29 is 5.11 Å². The van der Waals surface area contributed by atoms with Gasteiger partial charge in [0.05, 0.1) is 11.8 Å². The topological polar surface area (TPSA) is 58.9 Å². The normalized spacial score (nSPS) is 10.3. The monoisotopic (exact) mass is 221 g/mol. The second-order valence-electron chi connectivity index (χ2n) is 3.08.